The van der Waals surface area contributed by atoms with Gasteiger partial charge >= 0.3 is 0 Å². The zero-order chi connectivity index (χ0) is 18.0. The van der Waals surface area contributed by atoms with Crippen LogP contribution in [0.2, 0.25) is 0 Å². The summed E-state index contributed by atoms with van der Waals surface area (Å²) in [4.78, 5) is 22.0. The molecule has 0 aliphatic carbocycles. The van der Waals surface area contributed by atoms with Crippen LogP contribution in [0.1, 0.15) is 36.5 Å². The number of aromatic nitrogens is 2. The van der Waals surface area contributed by atoms with Gasteiger partial charge in [-0.2, -0.15) is 0 Å². The molecule has 1 aromatic carbocycles. The minimum atomic E-state index is -0.276. The van der Waals surface area contributed by atoms with Gasteiger partial charge in [0.2, 0.25) is 0 Å². The van der Waals surface area contributed by atoms with Gasteiger partial charge in [0.15, 0.2) is 0 Å². The fourth-order valence-electron chi connectivity index (χ4n) is 2.80. The number of aromatic amines is 1. The maximum absolute atomic E-state index is 12.9. The molecular formula is C19H22FN3OS. The number of H-pyrrole nitrogens is 1. The summed E-state index contributed by atoms with van der Waals surface area (Å²) in [6, 6.07) is 6.11. The maximum Gasteiger partial charge on any atom is 0.259 e. The fourth-order valence-corrected chi connectivity index (χ4v) is 3.87. The molecule has 132 valence electrons. The second-order valence-electron chi connectivity index (χ2n) is 6.41. The quantitative estimate of drug-likeness (QED) is 0.674. The van der Waals surface area contributed by atoms with Crippen molar-refractivity contribution < 1.29 is 4.39 Å². The molecule has 0 saturated heterocycles. The first kappa shape index (κ1) is 17.6. The van der Waals surface area contributed by atoms with Crippen LogP contribution in [0.3, 0.4) is 0 Å². The summed E-state index contributed by atoms with van der Waals surface area (Å²) >= 11 is 1.57. The first-order valence-corrected chi connectivity index (χ1v) is 9.30. The van der Waals surface area contributed by atoms with Crippen molar-refractivity contribution in [2.24, 2.45) is 5.92 Å². The highest BCUT2D eigenvalue weighted by molar-refractivity contribution is 7.18. The third-order valence-electron chi connectivity index (χ3n) is 4.47. The Morgan fingerprint density at radius 2 is 2.04 bits per heavy atom. The van der Waals surface area contributed by atoms with Crippen molar-refractivity contribution in [2.45, 2.75) is 40.2 Å². The Labute approximate surface area is 150 Å². The molecule has 0 saturated carbocycles. The number of hydrogen-bond donors (Lipinski definition) is 2. The molecule has 3 aromatic rings. The molecular weight excluding hydrogens is 337 g/mol. The fraction of sp³-hybridized carbons (Fsp3) is 0.368. The van der Waals surface area contributed by atoms with Gasteiger partial charge in [-0.25, -0.2) is 9.37 Å². The first-order valence-electron chi connectivity index (χ1n) is 8.48. The van der Waals surface area contributed by atoms with E-state index in [-0.39, 0.29) is 11.4 Å². The lowest BCUT2D eigenvalue weighted by Gasteiger charge is -2.08. The normalized spacial score (nSPS) is 12.5. The molecule has 0 amide bonds. The number of fused-ring (bicyclic) bond motifs is 1. The van der Waals surface area contributed by atoms with Gasteiger partial charge in [-0.1, -0.05) is 20.3 Å². The molecule has 2 heterocycles. The number of halogens is 1. The maximum atomic E-state index is 12.9. The van der Waals surface area contributed by atoms with E-state index in [1.54, 1.807) is 23.5 Å². The van der Waals surface area contributed by atoms with E-state index >= 15 is 0 Å². The highest BCUT2D eigenvalue weighted by Crippen LogP contribution is 2.29. The number of rotatable bonds is 6. The molecule has 0 aliphatic heterocycles. The van der Waals surface area contributed by atoms with E-state index in [2.05, 4.69) is 36.1 Å². The molecule has 3 rings (SSSR count). The second-order valence-corrected chi connectivity index (χ2v) is 7.61. The van der Waals surface area contributed by atoms with Gasteiger partial charge in [0.25, 0.3) is 5.56 Å². The molecule has 2 N–H and O–H groups in total. The molecule has 0 aliphatic rings. The zero-order valence-electron chi connectivity index (χ0n) is 14.6. The van der Waals surface area contributed by atoms with Crippen LogP contribution in [-0.2, 0) is 13.0 Å². The van der Waals surface area contributed by atoms with Crippen molar-refractivity contribution in [3.05, 3.63) is 56.7 Å². The predicted molar refractivity (Wildman–Crippen MR) is 102 cm³/mol. The Hall–Kier alpha value is -2.21. The predicted octanol–water partition coefficient (Wildman–Crippen LogP) is 4.63. The van der Waals surface area contributed by atoms with Crippen LogP contribution in [0.25, 0.3) is 10.2 Å². The number of anilines is 1. The highest BCUT2D eigenvalue weighted by Gasteiger charge is 2.16. The minimum absolute atomic E-state index is 0.0800. The molecule has 1 atom stereocenters. The van der Waals surface area contributed by atoms with Gasteiger partial charge in [-0.05, 0) is 49.1 Å². The number of nitrogens with zero attached hydrogens (tertiary/aromatic N) is 1. The summed E-state index contributed by atoms with van der Waals surface area (Å²) in [5, 5.41) is 3.88. The molecule has 2 aromatic heterocycles. The van der Waals surface area contributed by atoms with Gasteiger partial charge in [-0.15, -0.1) is 11.3 Å². The van der Waals surface area contributed by atoms with E-state index in [1.807, 2.05) is 0 Å². The molecule has 4 nitrogen and oxygen atoms in total. The number of aryl methyl sites for hydroxylation is 1. The van der Waals surface area contributed by atoms with Crippen LogP contribution in [-0.4, -0.2) is 9.97 Å². The van der Waals surface area contributed by atoms with Gasteiger partial charge < -0.3 is 10.3 Å². The Morgan fingerprint density at radius 3 is 2.72 bits per heavy atom. The van der Waals surface area contributed by atoms with Crippen LogP contribution < -0.4 is 10.9 Å². The number of thiophene rings is 1. The molecule has 0 spiro atoms. The SMILES string of the molecule is CCC(C)Cc1c(C)sc2nc(CNc3ccc(F)cc3)[nH]c(=O)c12. The lowest BCUT2D eigenvalue weighted by molar-refractivity contribution is 0.561. The zero-order valence-corrected chi connectivity index (χ0v) is 15.5. The summed E-state index contributed by atoms with van der Waals surface area (Å²) < 4.78 is 12.9. The van der Waals surface area contributed by atoms with Crippen molar-refractivity contribution in [2.75, 3.05) is 5.32 Å². The third-order valence-corrected chi connectivity index (χ3v) is 5.51. The Kier molecular flexibility index (Phi) is 5.18. The highest BCUT2D eigenvalue weighted by atomic mass is 32.1. The molecule has 6 heteroatoms. The number of nitrogens with one attached hydrogen (secondary N) is 2. The molecule has 0 bridgehead atoms. The molecule has 0 fully saturated rings. The molecule has 0 radical (unpaired) electrons. The summed E-state index contributed by atoms with van der Waals surface area (Å²) in [6.45, 7) is 6.80. The molecule has 1 unspecified atom stereocenters. The van der Waals surface area contributed by atoms with Gasteiger partial charge in [-0.3, -0.25) is 4.79 Å². The summed E-state index contributed by atoms with van der Waals surface area (Å²) in [6.07, 6.45) is 1.99. The largest absolute Gasteiger partial charge is 0.378 e. The average molecular weight is 359 g/mol. The van der Waals surface area contributed by atoms with Crippen LogP contribution >= 0.6 is 11.3 Å². The van der Waals surface area contributed by atoms with E-state index in [1.165, 1.54) is 12.1 Å². The van der Waals surface area contributed by atoms with Gasteiger partial charge in [0, 0.05) is 10.6 Å². The lowest BCUT2D eigenvalue weighted by atomic mass is 9.98. The third kappa shape index (κ3) is 3.90. The standard InChI is InChI=1S/C19H22FN3OS/c1-4-11(2)9-15-12(3)25-19-17(15)18(24)22-16(23-19)10-21-14-7-5-13(20)6-8-14/h5-8,11,21H,4,9-10H2,1-3H3,(H,22,23,24). The lowest BCUT2D eigenvalue weighted by Crippen LogP contribution is -2.15. The summed E-state index contributed by atoms with van der Waals surface area (Å²) in [7, 11) is 0. The van der Waals surface area contributed by atoms with Crippen LogP contribution in [0.5, 0.6) is 0 Å². The Morgan fingerprint density at radius 1 is 1.32 bits per heavy atom. The van der Waals surface area contributed by atoms with Crippen molar-refractivity contribution in [3.8, 4) is 0 Å². The van der Waals surface area contributed by atoms with Gasteiger partial charge in [0.05, 0.1) is 11.9 Å². The average Bonchev–Trinajstić information content (AvgIpc) is 2.90. The summed E-state index contributed by atoms with van der Waals surface area (Å²) in [5.41, 5.74) is 1.83. The number of hydrogen-bond acceptors (Lipinski definition) is 4. The van der Waals surface area contributed by atoms with Crippen LogP contribution in [0.15, 0.2) is 29.1 Å². The van der Waals surface area contributed by atoms with E-state index in [4.69, 9.17) is 0 Å². The second kappa shape index (κ2) is 7.35. The Bertz CT molecular complexity index is 930. The van der Waals surface area contributed by atoms with Crippen LogP contribution in [0.4, 0.5) is 10.1 Å². The van der Waals surface area contributed by atoms with Crippen LogP contribution in [0, 0.1) is 18.7 Å². The van der Waals surface area contributed by atoms with E-state index < -0.39 is 0 Å². The number of benzene rings is 1. The van der Waals surface area contributed by atoms with E-state index in [9.17, 15) is 9.18 Å². The van der Waals surface area contributed by atoms with Crippen molar-refractivity contribution in [1.29, 1.82) is 0 Å². The van der Waals surface area contributed by atoms with E-state index in [0.717, 1.165) is 39.2 Å². The van der Waals surface area contributed by atoms with Crippen molar-refractivity contribution >= 4 is 27.2 Å². The monoisotopic (exact) mass is 359 g/mol. The van der Waals surface area contributed by atoms with E-state index in [0.29, 0.717) is 18.3 Å². The Balaban J connectivity index is 1.86. The van der Waals surface area contributed by atoms with Crippen molar-refractivity contribution in [3.63, 3.8) is 0 Å². The van der Waals surface area contributed by atoms with Crippen molar-refractivity contribution in [1.82, 2.24) is 9.97 Å². The summed E-state index contributed by atoms with van der Waals surface area (Å²) in [5.74, 6) is 0.843. The molecule has 25 heavy (non-hydrogen) atoms. The minimum Gasteiger partial charge on any atom is -0.378 e. The topological polar surface area (TPSA) is 57.8 Å². The van der Waals surface area contributed by atoms with Gasteiger partial charge in [0.1, 0.15) is 16.5 Å². The smallest absolute Gasteiger partial charge is 0.259 e. The first-order chi connectivity index (χ1) is 12.0.